The first-order valence-corrected chi connectivity index (χ1v) is 7.94. The molecule has 1 aliphatic carbocycles. The number of nitrogens with one attached hydrogen (secondary N) is 1. The van der Waals surface area contributed by atoms with Gasteiger partial charge in [-0.15, -0.1) is 17.0 Å². The first-order valence-electron chi connectivity index (χ1n) is 7.94. The molecule has 2 aliphatic rings. The molecule has 0 spiro atoms. The topological polar surface area (TPSA) is 78.5 Å². The lowest BCUT2D eigenvalue weighted by Gasteiger charge is -2.36. The Bertz CT molecular complexity index is 729. The number of halogens is 1. The average molecular weight is 381 g/mol. The van der Waals surface area contributed by atoms with E-state index in [0.717, 1.165) is 60.7 Å². The molecular weight excluding hydrogens is 360 g/mol. The van der Waals surface area contributed by atoms with E-state index in [4.69, 9.17) is 4.42 Å². The van der Waals surface area contributed by atoms with Crippen molar-refractivity contribution in [3.05, 3.63) is 40.6 Å². The van der Waals surface area contributed by atoms with E-state index in [1.54, 1.807) is 12.1 Å². The molecule has 2 atom stereocenters. The number of fused-ring (bicyclic) bond motifs is 5. The summed E-state index contributed by atoms with van der Waals surface area (Å²) in [6.07, 6.45) is 3.73. The van der Waals surface area contributed by atoms with Crippen LogP contribution in [0.2, 0.25) is 0 Å². The third-order valence-corrected chi connectivity index (χ3v) is 4.75. The van der Waals surface area contributed by atoms with Crippen LogP contribution in [-0.4, -0.2) is 21.2 Å². The van der Waals surface area contributed by atoms with Gasteiger partial charge in [0.15, 0.2) is 17.4 Å². The molecule has 2 heterocycles. The minimum absolute atomic E-state index is 0. The van der Waals surface area contributed by atoms with E-state index in [0.29, 0.717) is 6.04 Å². The van der Waals surface area contributed by atoms with Gasteiger partial charge in [0.1, 0.15) is 5.76 Å². The Morgan fingerprint density at radius 1 is 1.30 bits per heavy atom. The van der Waals surface area contributed by atoms with Gasteiger partial charge in [0.05, 0.1) is 11.6 Å². The Kier molecular flexibility index (Phi) is 4.38. The molecular formula is C17H21BrN2O3. The minimum atomic E-state index is -0.0696. The molecule has 1 aromatic carbocycles. The molecule has 0 bridgehead atoms. The van der Waals surface area contributed by atoms with E-state index in [9.17, 15) is 10.2 Å². The lowest BCUT2D eigenvalue weighted by Crippen LogP contribution is -2.42. The molecule has 1 aromatic heterocycles. The van der Waals surface area contributed by atoms with Crippen LogP contribution in [0.4, 0.5) is 0 Å². The van der Waals surface area contributed by atoms with Crippen molar-refractivity contribution in [1.82, 2.24) is 10.3 Å². The maximum absolute atomic E-state index is 9.89. The number of aromatic hydroxyl groups is 2. The number of benzene rings is 1. The van der Waals surface area contributed by atoms with Crippen LogP contribution in [0, 0.1) is 0 Å². The largest absolute Gasteiger partial charge is 0.504 e. The molecule has 5 nitrogen and oxygen atoms in total. The van der Waals surface area contributed by atoms with Crippen LogP contribution in [0.1, 0.15) is 54.2 Å². The van der Waals surface area contributed by atoms with E-state index in [2.05, 4.69) is 17.2 Å². The summed E-state index contributed by atoms with van der Waals surface area (Å²) in [6, 6.07) is 3.66. The van der Waals surface area contributed by atoms with Crippen molar-refractivity contribution in [2.24, 2.45) is 0 Å². The van der Waals surface area contributed by atoms with Gasteiger partial charge in [0, 0.05) is 19.0 Å². The van der Waals surface area contributed by atoms with E-state index in [1.165, 1.54) is 0 Å². The number of hydrogen-bond donors (Lipinski definition) is 3. The van der Waals surface area contributed by atoms with Crippen molar-refractivity contribution in [3.63, 3.8) is 0 Å². The third-order valence-electron chi connectivity index (χ3n) is 4.75. The Labute approximate surface area is 145 Å². The molecule has 0 fully saturated rings. The molecule has 23 heavy (non-hydrogen) atoms. The normalized spacial score (nSPS) is 21.8. The van der Waals surface area contributed by atoms with Gasteiger partial charge in [-0.05, 0) is 42.5 Å². The highest BCUT2D eigenvalue weighted by Gasteiger charge is 2.39. The number of oxazole rings is 1. The molecule has 124 valence electrons. The molecule has 0 saturated heterocycles. The second kappa shape index (κ2) is 6.17. The fourth-order valence-electron chi connectivity index (χ4n) is 3.71. The zero-order chi connectivity index (χ0) is 15.3. The number of rotatable bonds is 2. The Balaban J connectivity index is 0.00000156. The van der Waals surface area contributed by atoms with Gasteiger partial charge in [0.25, 0.3) is 0 Å². The summed E-state index contributed by atoms with van der Waals surface area (Å²) in [6.45, 7) is 2.85. The zero-order valence-electron chi connectivity index (χ0n) is 13.0. The second-order valence-electron chi connectivity index (χ2n) is 6.21. The number of aryl methyl sites for hydroxylation is 2. The van der Waals surface area contributed by atoms with E-state index in [1.807, 2.05) is 0 Å². The maximum Gasteiger partial charge on any atom is 0.194 e. The highest BCUT2D eigenvalue weighted by molar-refractivity contribution is 8.93. The highest BCUT2D eigenvalue weighted by Crippen LogP contribution is 2.44. The van der Waals surface area contributed by atoms with Gasteiger partial charge < -0.3 is 19.9 Å². The van der Waals surface area contributed by atoms with Crippen molar-refractivity contribution in [1.29, 1.82) is 0 Å². The number of nitrogens with zero attached hydrogens (tertiary/aromatic N) is 1. The summed E-state index contributed by atoms with van der Waals surface area (Å²) in [4.78, 5) is 4.60. The van der Waals surface area contributed by atoms with Gasteiger partial charge >= 0.3 is 0 Å². The maximum atomic E-state index is 9.89. The molecule has 0 amide bonds. The van der Waals surface area contributed by atoms with E-state index in [-0.39, 0.29) is 34.4 Å². The van der Waals surface area contributed by atoms with Crippen molar-refractivity contribution in [2.75, 3.05) is 0 Å². The van der Waals surface area contributed by atoms with Gasteiger partial charge in [-0.1, -0.05) is 6.92 Å². The number of phenolic OH excluding ortho intramolecular Hbond substituents is 2. The SMILES string of the molecule is Br.CCCc1nc2c(o1)[C@H]1c3cc(O)c(O)cc3CC[C@@H]1NC2. The van der Waals surface area contributed by atoms with Crippen LogP contribution < -0.4 is 5.32 Å². The molecule has 0 saturated carbocycles. The molecule has 3 N–H and O–H groups in total. The summed E-state index contributed by atoms with van der Waals surface area (Å²) in [7, 11) is 0. The Morgan fingerprint density at radius 2 is 2.09 bits per heavy atom. The van der Waals surface area contributed by atoms with Gasteiger partial charge in [-0.3, -0.25) is 0 Å². The Morgan fingerprint density at radius 3 is 2.87 bits per heavy atom. The lowest BCUT2D eigenvalue weighted by atomic mass is 9.75. The number of hydrogen-bond acceptors (Lipinski definition) is 5. The highest BCUT2D eigenvalue weighted by atomic mass is 79.9. The van der Waals surface area contributed by atoms with Gasteiger partial charge in [0.2, 0.25) is 0 Å². The van der Waals surface area contributed by atoms with E-state index < -0.39 is 0 Å². The van der Waals surface area contributed by atoms with E-state index >= 15 is 0 Å². The summed E-state index contributed by atoms with van der Waals surface area (Å²) >= 11 is 0. The summed E-state index contributed by atoms with van der Waals surface area (Å²) in [5.41, 5.74) is 3.10. The van der Waals surface area contributed by atoms with Crippen LogP contribution in [0.3, 0.4) is 0 Å². The molecule has 6 heteroatoms. The van der Waals surface area contributed by atoms with Crippen LogP contribution in [0.15, 0.2) is 16.5 Å². The quantitative estimate of drug-likeness (QED) is 0.697. The zero-order valence-corrected chi connectivity index (χ0v) is 14.7. The molecule has 4 rings (SSSR count). The van der Waals surface area contributed by atoms with Gasteiger partial charge in [-0.25, -0.2) is 4.98 Å². The Hall–Kier alpha value is -1.53. The third kappa shape index (κ3) is 2.64. The monoisotopic (exact) mass is 380 g/mol. The molecule has 1 aliphatic heterocycles. The number of phenols is 2. The smallest absolute Gasteiger partial charge is 0.194 e. The molecule has 0 unspecified atom stereocenters. The predicted molar refractivity (Wildman–Crippen MR) is 91.4 cm³/mol. The summed E-state index contributed by atoms with van der Waals surface area (Å²) in [5, 5.41) is 23.2. The van der Waals surface area contributed by atoms with Crippen LogP contribution >= 0.6 is 17.0 Å². The van der Waals surface area contributed by atoms with Crippen LogP contribution in [0.5, 0.6) is 11.5 Å². The predicted octanol–water partition coefficient (Wildman–Crippen LogP) is 3.17. The lowest BCUT2D eigenvalue weighted by molar-refractivity contribution is 0.331. The van der Waals surface area contributed by atoms with Crippen molar-refractivity contribution < 1.29 is 14.6 Å². The fraction of sp³-hybridized carbons (Fsp3) is 0.471. The van der Waals surface area contributed by atoms with Crippen molar-refractivity contribution in [3.8, 4) is 11.5 Å². The van der Waals surface area contributed by atoms with Crippen LogP contribution in [-0.2, 0) is 19.4 Å². The van der Waals surface area contributed by atoms with Crippen molar-refractivity contribution in [2.45, 2.75) is 51.1 Å². The standard InChI is InChI=1S/C17H20N2O3.BrH/c1-2-3-15-19-12-8-18-11-5-4-9-6-13(20)14(21)7-10(9)16(11)17(12)22-15;/h6-7,11,16,18,20-21H,2-5,8H2,1H3;1H/t11-,16-;/m0./s1. The second-order valence-corrected chi connectivity index (χ2v) is 6.21. The average Bonchev–Trinajstić information content (AvgIpc) is 2.91. The van der Waals surface area contributed by atoms with Gasteiger partial charge in [-0.2, -0.15) is 0 Å². The first-order chi connectivity index (χ1) is 10.7. The molecule has 0 radical (unpaired) electrons. The minimum Gasteiger partial charge on any atom is -0.504 e. The van der Waals surface area contributed by atoms with Crippen molar-refractivity contribution >= 4 is 17.0 Å². The summed E-state index contributed by atoms with van der Waals surface area (Å²) < 4.78 is 6.05. The fourth-order valence-corrected chi connectivity index (χ4v) is 3.71. The first kappa shape index (κ1) is 16.3. The molecule has 2 aromatic rings. The summed E-state index contributed by atoms with van der Waals surface area (Å²) in [5.74, 6) is 1.67. The van der Waals surface area contributed by atoms with Crippen LogP contribution in [0.25, 0.3) is 0 Å². The number of aromatic nitrogens is 1.